The smallest absolute Gasteiger partial charge is 0.316 e. The van der Waals surface area contributed by atoms with Gasteiger partial charge in [0, 0.05) is 47.4 Å². The van der Waals surface area contributed by atoms with Crippen LogP contribution >= 0.6 is 0 Å². The zero-order chi connectivity index (χ0) is 21.1. The number of fused-ring (bicyclic) bond motifs is 1. The van der Waals surface area contributed by atoms with Gasteiger partial charge in [-0.3, -0.25) is 9.79 Å². The quantitative estimate of drug-likeness (QED) is 0.524. The number of carbonyl (C=O) groups excluding carboxylic acids is 2. The average Bonchev–Trinajstić information content (AvgIpc) is 3.39. The summed E-state index contributed by atoms with van der Waals surface area (Å²) in [7, 11) is 0. The third kappa shape index (κ3) is 4.28. The van der Waals surface area contributed by atoms with E-state index in [0.717, 1.165) is 59.6 Å². The fraction of sp³-hybridized carbons (Fsp3) is 0.318. The summed E-state index contributed by atoms with van der Waals surface area (Å²) < 4.78 is 0. The van der Waals surface area contributed by atoms with E-state index in [1.165, 1.54) is 0 Å². The fourth-order valence-electron chi connectivity index (χ4n) is 3.91. The number of aliphatic imine (C=N–C) groups is 1. The lowest BCUT2D eigenvalue weighted by atomic mass is 9.97. The van der Waals surface area contributed by atoms with E-state index in [1.54, 1.807) is 6.07 Å². The molecule has 30 heavy (non-hydrogen) atoms. The molecule has 0 aliphatic carbocycles. The van der Waals surface area contributed by atoms with Gasteiger partial charge < -0.3 is 26.7 Å². The van der Waals surface area contributed by atoms with E-state index >= 15 is 0 Å². The largest absolute Gasteiger partial charge is 0.361 e. The van der Waals surface area contributed by atoms with Crippen LogP contribution < -0.4 is 21.7 Å². The van der Waals surface area contributed by atoms with E-state index in [2.05, 4.69) is 25.9 Å². The molecule has 6 N–H and O–H groups in total. The molecule has 0 atom stereocenters. The van der Waals surface area contributed by atoms with Gasteiger partial charge in [-0.15, -0.1) is 0 Å². The topological polar surface area (TPSA) is 124 Å². The van der Waals surface area contributed by atoms with Crippen LogP contribution in [0.4, 0.5) is 16.2 Å². The molecule has 8 heteroatoms. The number of urea groups is 1. The van der Waals surface area contributed by atoms with Crippen molar-refractivity contribution in [2.75, 3.05) is 18.4 Å². The number of benzene rings is 1. The lowest BCUT2D eigenvalue weighted by molar-refractivity contribution is -0.125. The SMILES string of the molecule is CC(=C1C=Nc2ccc(NC(N)=O)cc21)c1cc(CNC(=O)C2CCNCC2)c[nH]1. The molecule has 4 rings (SSSR count). The number of hydrogen-bond donors (Lipinski definition) is 5. The summed E-state index contributed by atoms with van der Waals surface area (Å²) in [6.45, 7) is 4.32. The number of rotatable bonds is 5. The molecule has 1 aromatic carbocycles. The number of piperidine rings is 1. The van der Waals surface area contributed by atoms with Gasteiger partial charge in [0.1, 0.15) is 0 Å². The second-order valence-electron chi connectivity index (χ2n) is 7.68. The molecule has 8 nitrogen and oxygen atoms in total. The maximum absolute atomic E-state index is 12.4. The standard InChI is InChI=1S/C22H26N6O2/c1-13(18-12-26-19-3-2-16(9-17(18)19)28-22(23)30)20-8-14(10-25-20)11-27-21(29)15-4-6-24-7-5-15/h2-3,8-10,12,15,24-25H,4-7,11H2,1H3,(H,27,29)(H3,23,28,30). The van der Waals surface area contributed by atoms with Crippen molar-refractivity contribution in [1.82, 2.24) is 15.6 Å². The van der Waals surface area contributed by atoms with Crippen molar-refractivity contribution in [2.24, 2.45) is 16.6 Å². The lowest BCUT2D eigenvalue weighted by Gasteiger charge is -2.21. The molecular formula is C22H26N6O2. The number of primary amides is 1. The normalized spacial score (nSPS) is 17.5. The highest BCUT2D eigenvalue weighted by Crippen LogP contribution is 2.37. The minimum atomic E-state index is -0.600. The van der Waals surface area contributed by atoms with Crippen LogP contribution in [0.25, 0.3) is 11.1 Å². The Balaban J connectivity index is 1.47. The van der Waals surface area contributed by atoms with Gasteiger partial charge in [-0.2, -0.15) is 0 Å². The Bertz CT molecular complexity index is 1030. The van der Waals surface area contributed by atoms with Gasteiger partial charge in [0.15, 0.2) is 0 Å². The van der Waals surface area contributed by atoms with Gasteiger partial charge in [-0.05, 0) is 68.3 Å². The number of H-pyrrole nitrogens is 1. The summed E-state index contributed by atoms with van der Waals surface area (Å²) >= 11 is 0. The third-order valence-corrected chi connectivity index (χ3v) is 5.61. The van der Waals surface area contributed by atoms with Crippen molar-refractivity contribution in [3.8, 4) is 0 Å². The number of aromatic nitrogens is 1. The van der Waals surface area contributed by atoms with E-state index < -0.39 is 6.03 Å². The van der Waals surface area contributed by atoms with Crippen LogP contribution in [0.1, 0.15) is 36.6 Å². The van der Waals surface area contributed by atoms with Gasteiger partial charge in [0.2, 0.25) is 5.91 Å². The van der Waals surface area contributed by atoms with Crippen molar-refractivity contribution in [3.63, 3.8) is 0 Å². The first-order chi connectivity index (χ1) is 14.5. The Kier molecular flexibility index (Phi) is 5.67. The van der Waals surface area contributed by atoms with E-state index in [4.69, 9.17) is 5.73 Å². The maximum atomic E-state index is 12.4. The van der Waals surface area contributed by atoms with Crippen LogP contribution in [0.15, 0.2) is 35.5 Å². The van der Waals surface area contributed by atoms with Crippen molar-refractivity contribution in [1.29, 1.82) is 0 Å². The predicted molar refractivity (Wildman–Crippen MR) is 119 cm³/mol. The van der Waals surface area contributed by atoms with Crippen molar-refractivity contribution < 1.29 is 9.59 Å². The summed E-state index contributed by atoms with van der Waals surface area (Å²) in [6, 6.07) is 6.94. The number of amides is 3. The molecule has 3 amide bonds. The highest BCUT2D eigenvalue weighted by atomic mass is 16.2. The Hall–Kier alpha value is -3.39. The van der Waals surface area contributed by atoms with Crippen molar-refractivity contribution in [3.05, 3.63) is 47.3 Å². The van der Waals surface area contributed by atoms with Crippen LogP contribution in [-0.4, -0.2) is 36.2 Å². The highest BCUT2D eigenvalue weighted by Gasteiger charge is 2.21. The number of nitrogens with zero attached hydrogens (tertiary/aromatic N) is 1. The molecule has 2 aliphatic heterocycles. The Morgan fingerprint density at radius 3 is 2.80 bits per heavy atom. The fourth-order valence-corrected chi connectivity index (χ4v) is 3.91. The summed E-state index contributed by atoms with van der Waals surface area (Å²) in [6.07, 6.45) is 5.52. The summed E-state index contributed by atoms with van der Waals surface area (Å²) in [5.74, 6) is 0.226. The number of anilines is 1. The molecule has 1 saturated heterocycles. The molecule has 0 bridgehead atoms. The Morgan fingerprint density at radius 2 is 2.03 bits per heavy atom. The van der Waals surface area contributed by atoms with E-state index in [0.29, 0.717) is 12.2 Å². The van der Waals surface area contributed by atoms with Gasteiger partial charge in [0.05, 0.1) is 5.69 Å². The third-order valence-electron chi connectivity index (χ3n) is 5.61. The average molecular weight is 406 g/mol. The zero-order valence-electron chi connectivity index (χ0n) is 16.9. The first-order valence-corrected chi connectivity index (χ1v) is 10.1. The van der Waals surface area contributed by atoms with Crippen molar-refractivity contribution >= 4 is 40.7 Å². The molecule has 3 heterocycles. The Labute approximate surface area is 175 Å². The predicted octanol–water partition coefficient (Wildman–Crippen LogP) is 2.77. The zero-order valence-corrected chi connectivity index (χ0v) is 16.9. The summed E-state index contributed by atoms with van der Waals surface area (Å²) in [5.41, 5.74) is 11.6. The van der Waals surface area contributed by atoms with Crippen LogP contribution in [0.2, 0.25) is 0 Å². The molecule has 1 fully saturated rings. The van der Waals surface area contributed by atoms with Crippen molar-refractivity contribution in [2.45, 2.75) is 26.3 Å². The molecule has 2 aliphatic rings. The number of aromatic amines is 1. The molecule has 0 radical (unpaired) electrons. The first-order valence-electron chi connectivity index (χ1n) is 10.1. The van der Waals surface area contributed by atoms with E-state index in [1.807, 2.05) is 37.5 Å². The lowest BCUT2D eigenvalue weighted by Crippen LogP contribution is -2.37. The summed E-state index contributed by atoms with van der Waals surface area (Å²) in [5, 5.41) is 8.93. The van der Waals surface area contributed by atoms with Gasteiger partial charge in [-0.1, -0.05) is 0 Å². The van der Waals surface area contributed by atoms with Crippen LogP contribution in [0.5, 0.6) is 0 Å². The second kappa shape index (κ2) is 8.54. The molecule has 0 saturated carbocycles. The molecule has 0 spiro atoms. The summed E-state index contributed by atoms with van der Waals surface area (Å²) in [4.78, 5) is 31.3. The van der Waals surface area contributed by atoms with Gasteiger partial charge in [0.25, 0.3) is 0 Å². The van der Waals surface area contributed by atoms with E-state index in [-0.39, 0.29) is 11.8 Å². The second-order valence-corrected chi connectivity index (χ2v) is 7.68. The maximum Gasteiger partial charge on any atom is 0.316 e. The number of nitrogens with two attached hydrogens (primary N) is 1. The van der Waals surface area contributed by atoms with E-state index in [9.17, 15) is 9.59 Å². The molecular weight excluding hydrogens is 380 g/mol. The molecule has 156 valence electrons. The van der Waals surface area contributed by atoms with Gasteiger partial charge >= 0.3 is 6.03 Å². The Morgan fingerprint density at radius 1 is 1.23 bits per heavy atom. The van der Waals surface area contributed by atoms with Crippen LogP contribution in [0, 0.1) is 5.92 Å². The number of nitrogens with one attached hydrogen (secondary N) is 4. The number of carbonyl (C=O) groups is 2. The van der Waals surface area contributed by atoms with Crippen LogP contribution in [0.3, 0.4) is 0 Å². The molecule has 2 aromatic rings. The number of hydrogen-bond acceptors (Lipinski definition) is 4. The van der Waals surface area contributed by atoms with Gasteiger partial charge in [-0.25, -0.2) is 4.79 Å². The molecule has 1 aromatic heterocycles. The van der Waals surface area contributed by atoms with Crippen LogP contribution in [-0.2, 0) is 11.3 Å². The molecule has 0 unspecified atom stereocenters. The highest BCUT2D eigenvalue weighted by molar-refractivity contribution is 6.24. The first kappa shape index (κ1) is 19.9. The minimum Gasteiger partial charge on any atom is -0.361 e. The number of allylic oxidation sites excluding steroid dienone is 2. The monoisotopic (exact) mass is 406 g/mol. The minimum absolute atomic E-state index is 0.0999.